The summed E-state index contributed by atoms with van der Waals surface area (Å²) in [6.45, 7) is 1.96. The highest BCUT2D eigenvalue weighted by atomic mass is 35.5. The highest BCUT2D eigenvalue weighted by Crippen LogP contribution is 2.30. The molecule has 3 aromatic carbocycles. The molecular weight excluding hydrogens is 514 g/mol. The smallest absolute Gasteiger partial charge is 0.411 e. The fraction of sp³-hybridized carbons (Fsp3) is 0.323. The third kappa shape index (κ3) is 8.15. The summed E-state index contributed by atoms with van der Waals surface area (Å²) in [5, 5.41) is 6.10. The largest absolute Gasteiger partial charge is 0.446 e. The molecule has 0 unspecified atom stereocenters. The molecule has 0 bridgehead atoms. The van der Waals surface area contributed by atoms with Gasteiger partial charge in [-0.2, -0.15) is 0 Å². The zero-order valence-corrected chi connectivity index (χ0v) is 23.2. The minimum atomic E-state index is -0.444. The Balaban J connectivity index is 1.38. The lowest BCUT2D eigenvalue weighted by Crippen LogP contribution is -2.48. The number of aldehydes is 1. The Kier molecular flexibility index (Phi) is 9.38. The number of quaternary nitrogens is 1. The van der Waals surface area contributed by atoms with Crippen LogP contribution in [0.4, 0.5) is 16.2 Å². The number of halogens is 1. The quantitative estimate of drug-likeness (QED) is 0.234. The molecule has 1 heterocycles. The van der Waals surface area contributed by atoms with E-state index in [-0.39, 0.29) is 12.0 Å². The first-order chi connectivity index (χ1) is 18.7. The monoisotopic (exact) mass is 548 g/mol. The van der Waals surface area contributed by atoms with Gasteiger partial charge < -0.3 is 14.5 Å². The van der Waals surface area contributed by atoms with Gasteiger partial charge in [0.1, 0.15) is 6.10 Å². The number of nitrogens with zero attached hydrogens (tertiary/aromatic N) is 1. The van der Waals surface area contributed by atoms with Gasteiger partial charge in [0.15, 0.2) is 6.29 Å². The maximum Gasteiger partial charge on any atom is 0.411 e. The predicted molar refractivity (Wildman–Crippen MR) is 155 cm³/mol. The second-order valence-corrected chi connectivity index (χ2v) is 11.0. The lowest BCUT2D eigenvalue weighted by atomic mass is 9.99. The normalized spacial score (nSPS) is 14.8. The molecule has 0 aromatic heterocycles. The van der Waals surface area contributed by atoms with Crippen LogP contribution in [0, 0.1) is 0 Å². The van der Waals surface area contributed by atoms with E-state index in [1.807, 2.05) is 48.5 Å². The number of hydrogen-bond acceptors (Lipinski definition) is 4. The van der Waals surface area contributed by atoms with Gasteiger partial charge in [-0.05, 0) is 48.2 Å². The van der Waals surface area contributed by atoms with E-state index >= 15 is 0 Å². The highest BCUT2D eigenvalue weighted by molar-refractivity contribution is 6.33. The molecule has 2 amide bonds. The molecule has 1 aliphatic heterocycles. The van der Waals surface area contributed by atoms with E-state index in [0.29, 0.717) is 47.5 Å². The zero-order chi connectivity index (χ0) is 27.8. The molecule has 1 fully saturated rings. The number of anilines is 2. The van der Waals surface area contributed by atoms with Crippen LogP contribution < -0.4 is 10.6 Å². The summed E-state index contributed by atoms with van der Waals surface area (Å²) in [5.74, 6) is -0.137. The second-order valence-electron chi connectivity index (χ2n) is 10.6. The van der Waals surface area contributed by atoms with Gasteiger partial charge in [0.2, 0.25) is 5.91 Å². The molecule has 0 spiro atoms. The molecule has 8 heteroatoms. The van der Waals surface area contributed by atoms with Crippen molar-refractivity contribution < 1.29 is 23.6 Å². The van der Waals surface area contributed by atoms with Gasteiger partial charge in [0.05, 0.1) is 37.9 Å². The number of rotatable bonds is 9. The zero-order valence-electron chi connectivity index (χ0n) is 22.4. The fourth-order valence-electron chi connectivity index (χ4n) is 4.75. The molecule has 7 nitrogen and oxygen atoms in total. The van der Waals surface area contributed by atoms with Gasteiger partial charge in [-0.1, -0.05) is 54.1 Å². The Morgan fingerprint density at radius 1 is 1.00 bits per heavy atom. The molecule has 2 N–H and O–H groups in total. The Morgan fingerprint density at radius 3 is 2.44 bits per heavy atom. The van der Waals surface area contributed by atoms with Crippen LogP contribution in [0.2, 0.25) is 5.02 Å². The number of amides is 2. The number of aryl methyl sites for hydroxylation is 1. The fourth-order valence-corrected chi connectivity index (χ4v) is 4.97. The van der Waals surface area contributed by atoms with Gasteiger partial charge in [-0.3, -0.25) is 14.9 Å². The summed E-state index contributed by atoms with van der Waals surface area (Å²) in [6.07, 6.45) is 3.44. The van der Waals surface area contributed by atoms with E-state index in [2.05, 4.69) is 24.7 Å². The van der Waals surface area contributed by atoms with Crippen molar-refractivity contribution in [2.24, 2.45) is 0 Å². The van der Waals surface area contributed by atoms with Crippen molar-refractivity contribution in [3.05, 3.63) is 82.9 Å². The van der Waals surface area contributed by atoms with Crippen LogP contribution in [-0.4, -0.2) is 56.1 Å². The first-order valence-corrected chi connectivity index (χ1v) is 13.6. The molecule has 0 aliphatic carbocycles. The van der Waals surface area contributed by atoms with Crippen molar-refractivity contribution in [2.45, 2.75) is 38.2 Å². The summed E-state index contributed by atoms with van der Waals surface area (Å²) in [5.41, 5.74) is 4.52. The number of nitrogens with one attached hydrogen (secondary N) is 2. The molecule has 39 heavy (non-hydrogen) atoms. The second kappa shape index (κ2) is 12.9. The molecule has 4 rings (SSSR count). The molecular formula is C31H35ClN3O4+. The van der Waals surface area contributed by atoms with Crippen molar-refractivity contribution in [3.8, 4) is 11.1 Å². The minimum Gasteiger partial charge on any atom is -0.446 e. The lowest BCUT2D eigenvalue weighted by Gasteiger charge is -2.36. The predicted octanol–water partition coefficient (Wildman–Crippen LogP) is 6.57. The van der Waals surface area contributed by atoms with Gasteiger partial charge in [0, 0.05) is 36.1 Å². The number of likely N-dealkylation sites (tertiary alicyclic amines) is 1. The van der Waals surface area contributed by atoms with Crippen molar-refractivity contribution in [1.82, 2.24) is 0 Å². The molecule has 1 aliphatic rings. The maximum absolute atomic E-state index is 12.9. The molecule has 3 aromatic rings. The average molecular weight is 549 g/mol. The molecule has 1 saturated heterocycles. The molecule has 0 radical (unpaired) electrons. The van der Waals surface area contributed by atoms with Crippen molar-refractivity contribution >= 4 is 41.3 Å². The van der Waals surface area contributed by atoms with Gasteiger partial charge in [-0.25, -0.2) is 4.79 Å². The number of ether oxygens (including phenoxy) is 1. The first-order valence-electron chi connectivity index (χ1n) is 13.2. The van der Waals surface area contributed by atoms with Crippen molar-refractivity contribution in [1.29, 1.82) is 0 Å². The molecule has 0 atom stereocenters. The van der Waals surface area contributed by atoms with Crippen LogP contribution in [-0.2, 0) is 16.0 Å². The Morgan fingerprint density at radius 2 is 1.74 bits per heavy atom. The minimum absolute atomic E-state index is 0.0810. The van der Waals surface area contributed by atoms with Crippen LogP contribution in [0.5, 0.6) is 0 Å². The Bertz CT molecular complexity index is 1320. The summed E-state index contributed by atoms with van der Waals surface area (Å²) < 4.78 is 6.71. The van der Waals surface area contributed by atoms with Crippen LogP contribution in [0.25, 0.3) is 11.1 Å². The van der Waals surface area contributed by atoms with Crippen LogP contribution in [0.1, 0.15) is 41.6 Å². The van der Waals surface area contributed by atoms with E-state index < -0.39 is 6.09 Å². The summed E-state index contributed by atoms with van der Waals surface area (Å²) in [4.78, 5) is 36.2. The van der Waals surface area contributed by atoms with Gasteiger partial charge in [0.25, 0.3) is 0 Å². The van der Waals surface area contributed by atoms with E-state index in [4.69, 9.17) is 16.3 Å². The topological polar surface area (TPSA) is 84.5 Å². The van der Waals surface area contributed by atoms with Crippen molar-refractivity contribution in [3.63, 3.8) is 0 Å². The van der Waals surface area contributed by atoms with Gasteiger partial charge >= 0.3 is 6.09 Å². The molecule has 0 saturated carbocycles. The third-order valence-electron chi connectivity index (χ3n) is 7.07. The Labute approximate surface area is 234 Å². The number of benzene rings is 3. The van der Waals surface area contributed by atoms with Crippen LogP contribution in [0.3, 0.4) is 0 Å². The summed E-state index contributed by atoms with van der Waals surface area (Å²) in [7, 11) is 4.39. The van der Waals surface area contributed by atoms with E-state index in [9.17, 15) is 14.4 Å². The van der Waals surface area contributed by atoms with Gasteiger partial charge in [-0.15, -0.1) is 0 Å². The SMILES string of the molecule is C[N+]1(C)CCC(OC(=O)Nc2cc(CCCC(=O)Nc3ccc(C=O)c(Cl)c3)ccc2-c2ccccc2)CC1. The summed E-state index contributed by atoms with van der Waals surface area (Å²) >= 11 is 6.05. The number of carbonyl (C=O) groups is 3. The number of hydrogen-bond donors (Lipinski definition) is 2. The van der Waals surface area contributed by atoms with Crippen LogP contribution >= 0.6 is 11.6 Å². The average Bonchev–Trinajstić information content (AvgIpc) is 2.91. The molecule has 204 valence electrons. The van der Waals surface area contributed by atoms with E-state index in [1.54, 1.807) is 18.2 Å². The highest BCUT2D eigenvalue weighted by Gasteiger charge is 2.28. The standard InChI is InChI=1S/C31H34ClN3O4/c1-35(2)17-15-26(16-18-35)39-31(38)34-29-19-22(11-14-27(29)23-8-4-3-5-9-23)7-6-10-30(37)33-25-13-12-24(21-36)28(32)20-25/h3-5,8-9,11-14,19-21,26H,6-7,10,15-18H2,1-2H3,(H-,33,34,36,37,38)/p+1. The van der Waals surface area contributed by atoms with Crippen molar-refractivity contribution in [2.75, 3.05) is 37.8 Å². The van der Waals surface area contributed by atoms with Crippen LogP contribution in [0.15, 0.2) is 66.7 Å². The summed E-state index contributed by atoms with van der Waals surface area (Å²) in [6, 6.07) is 20.7. The Hall–Kier alpha value is -3.68. The van der Waals surface area contributed by atoms with E-state index in [0.717, 1.165) is 47.1 Å². The lowest BCUT2D eigenvalue weighted by molar-refractivity contribution is -0.896. The van der Waals surface area contributed by atoms with E-state index in [1.165, 1.54) is 0 Å². The first kappa shape index (κ1) is 28.3. The number of carbonyl (C=O) groups excluding carboxylic acids is 3. The number of piperidine rings is 1. The third-order valence-corrected chi connectivity index (χ3v) is 7.40. The maximum atomic E-state index is 12.9.